The number of benzene rings is 2. The lowest BCUT2D eigenvalue weighted by atomic mass is 9.73. The Balaban J connectivity index is 1.83. The number of anilines is 1. The highest BCUT2D eigenvalue weighted by Gasteiger charge is 2.49. The highest BCUT2D eigenvalue weighted by Crippen LogP contribution is 2.51. The molecule has 0 bridgehead atoms. The van der Waals surface area contributed by atoms with Gasteiger partial charge in [0, 0.05) is 10.9 Å². The molecule has 4 rings (SSSR count). The number of halogens is 1. The maximum absolute atomic E-state index is 13.3. The molecular formula is C20H15ClN4OS. The van der Waals surface area contributed by atoms with Crippen molar-refractivity contribution in [1.82, 2.24) is 10.2 Å². The summed E-state index contributed by atoms with van der Waals surface area (Å²) in [7, 11) is 0. The van der Waals surface area contributed by atoms with Gasteiger partial charge in [-0.05, 0) is 54.3 Å². The van der Waals surface area contributed by atoms with E-state index in [1.165, 1.54) is 11.3 Å². The van der Waals surface area contributed by atoms with E-state index in [-0.39, 0.29) is 11.8 Å². The van der Waals surface area contributed by atoms with E-state index in [4.69, 9.17) is 11.6 Å². The quantitative estimate of drug-likeness (QED) is 0.714. The Morgan fingerprint density at radius 2 is 2.22 bits per heavy atom. The molecule has 5 nitrogen and oxygen atoms in total. The van der Waals surface area contributed by atoms with Gasteiger partial charge in [-0.1, -0.05) is 41.1 Å². The number of aromatic nitrogens is 2. The molecule has 27 heavy (non-hydrogen) atoms. The van der Waals surface area contributed by atoms with Gasteiger partial charge in [-0.25, -0.2) is 0 Å². The molecule has 2 unspecified atom stereocenters. The van der Waals surface area contributed by atoms with Crippen LogP contribution in [0.3, 0.4) is 0 Å². The number of nitriles is 1. The summed E-state index contributed by atoms with van der Waals surface area (Å²) in [5.74, 6) is -0.341. The van der Waals surface area contributed by atoms with Crippen molar-refractivity contribution in [3.05, 3.63) is 75.3 Å². The second-order valence-electron chi connectivity index (χ2n) is 6.81. The zero-order valence-electron chi connectivity index (χ0n) is 14.4. The summed E-state index contributed by atoms with van der Waals surface area (Å²) in [6, 6.07) is 15.4. The average Bonchev–Trinajstić information content (AvgIpc) is 3.26. The first kappa shape index (κ1) is 17.7. The van der Waals surface area contributed by atoms with Crippen molar-refractivity contribution in [3.63, 3.8) is 0 Å². The zero-order chi connectivity index (χ0) is 19.0. The fourth-order valence-electron chi connectivity index (χ4n) is 3.85. The molecule has 134 valence electrons. The molecule has 1 aromatic heterocycles. The molecule has 3 aromatic rings. The fraction of sp³-hybridized carbons (Fsp3) is 0.200. The van der Waals surface area contributed by atoms with Crippen molar-refractivity contribution < 1.29 is 4.79 Å². The summed E-state index contributed by atoms with van der Waals surface area (Å²) in [4.78, 5) is 13.3. The third-order valence-electron chi connectivity index (χ3n) is 5.06. The first-order chi connectivity index (χ1) is 13.0. The van der Waals surface area contributed by atoms with Gasteiger partial charge in [-0.2, -0.15) is 5.26 Å². The van der Waals surface area contributed by atoms with Gasteiger partial charge in [0.05, 0.1) is 17.0 Å². The predicted octanol–water partition coefficient (Wildman–Crippen LogP) is 4.40. The normalized spacial score (nSPS) is 20.7. The molecule has 1 N–H and O–H groups in total. The van der Waals surface area contributed by atoms with Crippen molar-refractivity contribution >= 4 is 34.0 Å². The minimum absolute atomic E-state index is 0.126. The van der Waals surface area contributed by atoms with Crippen molar-refractivity contribution in [1.29, 1.82) is 5.26 Å². The number of hydrogen-bond donors (Lipinski definition) is 1. The standard InChI is InChI=1S/C20H15ClN4OS/c1-20(18(26)24-19-25-23-11-27-19)9-14-6-5-12(10-22)7-16(14)17(20)13-3-2-4-15(21)8-13/h2-8,11,17H,9H2,1H3,(H,24,25,26). The smallest absolute Gasteiger partial charge is 0.233 e. The molecule has 2 aromatic carbocycles. The van der Waals surface area contributed by atoms with E-state index in [0.717, 1.165) is 16.7 Å². The summed E-state index contributed by atoms with van der Waals surface area (Å²) in [5.41, 5.74) is 4.42. The van der Waals surface area contributed by atoms with Crippen LogP contribution in [0.1, 0.15) is 35.1 Å². The van der Waals surface area contributed by atoms with Gasteiger partial charge < -0.3 is 5.32 Å². The number of hydrogen-bond acceptors (Lipinski definition) is 5. The van der Waals surface area contributed by atoms with E-state index in [2.05, 4.69) is 21.6 Å². The van der Waals surface area contributed by atoms with Crippen molar-refractivity contribution in [2.24, 2.45) is 5.41 Å². The minimum atomic E-state index is -0.743. The summed E-state index contributed by atoms with van der Waals surface area (Å²) >= 11 is 7.51. The molecule has 0 radical (unpaired) electrons. The van der Waals surface area contributed by atoms with Crippen LogP contribution in [0.2, 0.25) is 5.02 Å². The van der Waals surface area contributed by atoms with Gasteiger partial charge in [-0.3, -0.25) is 4.79 Å². The lowest BCUT2D eigenvalue weighted by Gasteiger charge is -2.31. The predicted molar refractivity (Wildman–Crippen MR) is 105 cm³/mol. The molecule has 0 saturated carbocycles. The van der Waals surface area contributed by atoms with Crippen LogP contribution in [-0.2, 0) is 11.2 Å². The van der Waals surface area contributed by atoms with Gasteiger partial charge in [0.15, 0.2) is 0 Å². The maximum Gasteiger partial charge on any atom is 0.233 e. The number of fused-ring (bicyclic) bond motifs is 1. The van der Waals surface area contributed by atoms with Crippen LogP contribution in [0.4, 0.5) is 5.13 Å². The Kier molecular flexibility index (Phi) is 4.42. The molecule has 7 heteroatoms. The van der Waals surface area contributed by atoms with Crippen molar-refractivity contribution in [2.45, 2.75) is 19.3 Å². The molecule has 2 atom stereocenters. The Bertz CT molecular complexity index is 1060. The summed E-state index contributed by atoms with van der Waals surface area (Å²) in [5, 5.41) is 21.0. The Hall–Kier alpha value is -2.75. The van der Waals surface area contributed by atoms with E-state index in [9.17, 15) is 10.1 Å². The number of rotatable bonds is 3. The number of nitrogens with zero attached hydrogens (tertiary/aromatic N) is 3. The maximum atomic E-state index is 13.3. The van der Waals surface area contributed by atoms with Gasteiger partial charge in [0.1, 0.15) is 5.51 Å². The Morgan fingerprint density at radius 3 is 2.93 bits per heavy atom. The largest absolute Gasteiger partial charge is 0.300 e. The molecule has 0 fully saturated rings. The first-order valence-electron chi connectivity index (χ1n) is 8.37. The SMILES string of the molecule is CC1(C(=O)Nc2nncs2)Cc2ccc(C#N)cc2C1c1cccc(Cl)c1. The van der Waals surface area contributed by atoms with Crippen LogP contribution in [0, 0.1) is 16.7 Å². The third kappa shape index (κ3) is 3.09. The second-order valence-corrected chi connectivity index (χ2v) is 8.08. The highest BCUT2D eigenvalue weighted by molar-refractivity contribution is 7.13. The number of carbonyl (C=O) groups excluding carboxylic acids is 1. The van der Waals surface area contributed by atoms with Crippen LogP contribution in [0.5, 0.6) is 0 Å². The van der Waals surface area contributed by atoms with Crippen molar-refractivity contribution in [3.8, 4) is 6.07 Å². The molecule has 1 aliphatic carbocycles. The molecule has 0 aliphatic heterocycles. The number of amides is 1. The van der Waals surface area contributed by atoms with Gasteiger partial charge >= 0.3 is 0 Å². The first-order valence-corrected chi connectivity index (χ1v) is 9.63. The highest BCUT2D eigenvalue weighted by atomic mass is 35.5. The van der Waals surface area contributed by atoms with Crippen LogP contribution in [0.15, 0.2) is 48.0 Å². The van der Waals surface area contributed by atoms with Crippen LogP contribution >= 0.6 is 22.9 Å². The lowest BCUT2D eigenvalue weighted by Crippen LogP contribution is -2.37. The van der Waals surface area contributed by atoms with Crippen molar-refractivity contribution in [2.75, 3.05) is 5.32 Å². The van der Waals surface area contributed by atoms with Crippen LogP contribution in [0.25, 0.3) is 0 Å². The molecule has 1 amide bonds. The molecule has 0 spiro atoms. The topological polar surface area (TPSA) is 78.7 Å². The summed E-state index contributed by atoms with van der Waals surface area (Å²) in [6.45, 7) is 1.95. The number of nitrogens with one attached hydrogen (secondary N) is 1. The van der Waals surface area contributed by atoms with E-state index >= 15 is 0 Å². The van der Waals surface area contributed by atoms with E-state index in [1.807, 2.05) is 43.3 Å². The second kappa shape index (κ2) is 6.76. The molecule has 0 saturated heterocycles. The van der Waals surface area contributed by atoms with Gasteiger partial charge in [-0.15, -0.1) is 10.2 Å². The van der Waals surface area contributed by atoms with Gasteiger partial charge in [0.2, 0.25) is 11.0 Å². The fourth-order valence-corrected chi connectivity index (χ4v) is 4.49. The Labute approximate surface area is 165 Å². The zero-order valence-corrected chi connectivity index (χ0v) is 16.0. The monoisotopic (exact) mass is 394 g/mol. The van der Waals surface area contributed by atoms with E-state index in [1.54, 1.807) is 11.6 Å². The van der Waals surface area contributed by atoms with E-state index in [0.29, 0.717) is 22.1 Å². The molecule has 1 heterocycles. The lowest BCUT2D eigenvalue weighted by molar-refractivity contribution is -0.125. The Morgan fingerprint density at radius 1 is 1.37 bits per heavy atom. The molecular weight excluding hydrogens is 380 g/mol. The minimum Gasteiger partial charge on any atom is -0.300 e. The number of carbonyl (C=O) groups is 1. The molecule has 1 aliphatic rings. The van der Waals surface area contributed by atoms with Gasteiger partial charge in [0.25, 0.3) is 0 Å². The van der Waals surface area contributed by atoms with Crippen LogP contribution in [-0.4, -0.2) is 16.1 Å². The third-order valence-corrected chi connectivity index (χ3v) is 5.90. The van der Waals surface area contributed by atoms with Crippen LogP contribution < -0.4 is 5.32 Å². The average molecular weight is 395 g/mol. The van der Waals surface area contributed by atoms with E-state index < -0.39 is 5.41 Å². The summed E-state index contributed by atoms with van der Waals surface area (Å²) in [6.07, 6.45) is 0.565. The summed E-state index contributed by atoms with van der Waals surface area (Å²) < 4.78 is 0.